The Bertz CT molecular complexity index is 704. The molecule has 2 aromatic rings. The number of benzene rings is 2. The van der Waals surface area contributed by atoms with Crippen molar-refractivity contribution in [1.29, 1.82) is 0 Å². The predicted molar refractivity (Wildman–Crippen MR) is 88.4 cm³/mol. The molecule has 0 spiro atoms. The first-order chi connectivity index (χ1) is 10.5. The average molecular weight is 295 g/mol. The summed E-state index contributed by atoms with van der Waals surface area (Å²) < 4.78 is 0. The third kappa shape index (κ3) is 2.89. The third-order valence-corrected chi connectivity index (χ3v) is 4.82. The van der Waals surface area contributed by atoms with Crippen LogP contribution in [0.4, 0.5) is 5.69 Å². The lowest BCUT2D eigenvalue weighted by Crippen LogP contribution is -2.13. The van der Waals surface area contributed by atoms with Crippen molar-refractivity contribution in [2.45, 2.75) is 45.4 Å². The summed E-state index contributed by atoms with van der Waals surface area (Å²) in [6.45, 7) is 4.35. The highest BCUT2D eigenvalue weighted by Crippen LogP contribution is 2.35. The van der Waals surface area contributed by atoms with Crippen molar-refractivity contribution in [3.63, 3.8) is 0 Å². The molecule has 2 aromatic carbocycles. The zero-order valence-electron chi connectivity index (χ0n) is 13.1. The van der Waals surface area contributed by atoms with Crippen LogP contribution in [0.3, 0.4) is 0 Å². The van der Waals surface area contributed by atoms with E-state index in [1.54, 1.807) is 12.1 Å². The molecule has 1 unspecified atom stereocenters. The fraction of sp³-hybridized carbons (Fsp3) is 0.368. The van der Waals surface area contributed by atoms with Gasteiger partial charge in [0.15, 0.2) is 0 Å². The number of nitrogens with zero attached hydrogens (tertiary/aromatic N) is 1. The second-order valence-corrected chi connectivity index (χ2v) is 6.35. The normalized spacial score (nSPS) is 17.1. The minimum absolute atomic E-state index is 0.166. The van der Waals surface area contributed by atoms with Crippen molar-refractivity contribution < 1.29 is 4.92 Å². The Balaban J connectivity index is 1.85. The molecule has 0 saturated carbocycles. The number of nitro groups is 1. The summed E-state index contributed by atoms with van der Waals surface area (Å²) in [4.78, 5) is 10.4. The van der Waals surface area contributed by atoms with E-state index in [4.69, 9.17) is 0 Å². The summed E-state index contributed by atoms with van der Waals surface area (Å²) in [7, 11) is 0. The van der Waals surface area contributed by atoms with E-state index in [0.717, 1.165) is 6.42 Å². The van der Waals surface area contributed by atoms with Crippen molar-refractivity contribution in [3.8, 4) is 0 Å². The highest BCUT2D eigenvalue weighted by Gasteiger charge is 2.21. The molecule has 3 rings (SSSR count). The van der Waals surface area contributed by atoms with E-state index < -0.39 is 0 Å². The summed E-state index contributed by atoms with van der Waals surface area (Å²) in [6.07, 6.45) is 4.57. The molecule has 0 saturated heterocycles. The lowest BCUT2D eigenvalue weighted by atomic mass is 9.78. The lowest BCUT2D eigenvalue weighted by molar-refractivity contribution is -0.384. The minimum Gasteiger partial charge on any atom is -0.258 e. The van der Waals surface area contributed by atoms with Gasteiger partial charge in [0.2, 0.25) is 0 Å². The SMILES string of the molecule is Cc1cc2c(cc1C)C(Cc1ccc([N+](=O)[O-])cc1)CCC2. The molecule has 0 fully saturated rings. The molecule has 0 amide bonds. The largest absolute Gasteiger partial charge is 0.269 e. The first kappa shape index (κ1) is 14.8. The molecule has 1 aliphatic rings. The van der Waals surface area contributed by atoms with Gasteiger partial charge in [0.1, 0.15) is 0 Å². The van der Waals surface area contributed by atoms with E-state index in [-0.39, 0.29) is 10.6 Å². The molecule has 0 aliphatic heterocycles. The van der Waals surface area contributed by atoms with Crippen molar-refractivity contribution >= 4 is 5.69 Å². The molecule has 0 heterocycles. The quantitative estimate of drug-likeness (QED) is 0.598. The minimum atomic E-state index is -0.341. The van der Waals surface area contributed by atoms with E-state index in [0.29, 0.717) is 5.92 Å². The van der Waals surface area contributed by atoms with Crippen LogP contribution in [-0.4, -0.2) is 4.92 Å². The molecule has 1 aliphatic carbocycles. The molecule has 3 heteroatoms. The zero-order valence-corrected chi connectivity index (χ0v) is 13.1. The highest BCUT2D eigenvalue weighted by molar-refractivity contribution is 5.42. The predicted octanol–water partition coefficient (Wildman–Crippen LogP) is 4.87. The maximum absolute atomic E-state index is 10.7. The van der Waals surface area contributed by atoms with Crippen LogP contribution in [-0.2, 0) is 12.8 Å². The van der Waals surface area contributed by atoms with Gasteiger partial charge in [-0.05, 0) is 73.3 Å². The second kappa shape index (κ2) is 5.91. The van der Waals surface area contributed by atoms with Crippen LogP contribution in [0.1, 0.15) is 46.6 Å². The Hall–Kier alpha value is -2.16. The number of hydrogen-bond acceptors (Lipinski definition) is 2. The van der Waals surface area contributed by atoms with Crippen LogP contribution < -0.4 is 0 Å². The van der Waals surface area contributed by atoms with Crippen LogP contribution in [0.15, 0.2) is 36.4 Å². The fourth-order valence-corrected chi connectivity index (χ4v) is 3.44. The molecule has 1 atom stereocenters. The number of non-ortho nitro benzene ring substituents is 1. The second-order valence-electron chi connectivity index (χ2n) is 6.35. The van der Waals surface area contributed by atoms with E-state index in [1.165, 1.54) is 47.1 Å². The smallest absolute Gasteiger partial charge is 0.258 e. The molecule has 3 nitrogen and oxygen atoms in total. The molecular weight excluding hydrogens is 274 g/mol. The van der Waals surface area contributed by atoms with Crippen LogP contribution in [0.5, 0.6) is 0 Å². The number of nitro benzene ring substituents is 1. The van der Waals surface area contributed by atoms with Gasteiger partial charge in [0.25, 0.3) is 5.69 Å². The summed E-state index contributed by atoms with van der Waals surface area (Å²) >= 11 is 0. The van der Waals surface area contributed by atoms with Gasteiger partial charge < -0.3 is 0 Å². The maximum atomic E-state index is 10.7. The van der Waals surface area contributed by atoms with Crippen LogP contribution in [0, 0.1) is 24.0 Å². The van der Waals surface area contributed by atoms with Gasteiger partial charge in [-0.2, -0.15) is 0 Å². The number of rotatable bonds is 3. The maximum Gasteiger partial charge on any atom is 0.269 e. The zero-order chi connectivity index (χ0) is 15.7. The Morgan fingerprint density at radius 2 is 1.82 bits per heavy atom. The molecular formula is C19H21NO2. The molecule has 22 heavy (non-hydrogen) atoms. The van der Waals surface area contributed by atoms with E-state index in [1.807, 2.05) is 12.1 Å². The van der Waals surface area contributed by atoms with Gasteiger partial charge >= 0.3 is 0 Å². The summed E-state index contributed by atoms with van der Waals surface area (Å²) in [5.74, 6) is 0.532. The molecule has 0 aromatic heterocycles. The fourth-order valence-electron chi connectivity index (χ4n) is 3.44. The van der Waals surface area contributed by atoms with Gasteiger partial charge in [-0.1, -0.05) is 24.3 Å². The van der Waals surface area contributed by atoms with Crippen molar-refractivity contribution in [2.75, 3.05) is 0 Å². The Morgan fingerprint density at radius 3 is 2.50 bits per heavy atom. The summed E-state index contributed by atoms with van der Waals surface area (Å²) in [5.41, 5.74) is 7.04. The number of hydrogen-bond donors (Lipinski definition) is 0. The lowest BCUT2D eigenvalue weighted by Gasteiger charge is -2.27. The van der Waals surface area contributed by atoms with Crippen molar-refractivity contribution in [1.82, 2.24) is 0 Å². The van der Waals surface area contributed by atoms with Crippen LogP contribution in [0.25, 0.3) is 0 Å². The summed E-state index contributed by atoms with van der Waals surface area (Å²) in [5, 5.41) is 10.7. The van der Waals surface area contributed by atoms with E-state index in [2.05, 4.69) is 26.0 Å². The van der Waals surface area contributed by atoms with Gasteiger partial charge in [0, 0.05) is 12.1 Å². The molecule has 0 radical (unpaired) electrons. The number of aryl methyl sites for hydroxylation is 3. The van der Waals surface area contributed by atoms with Crippen LogP contribution >= 0.6 is 0 Å². The van der Waals surface area contributed by atoms with Gasteiger partial charge in [-0.25, -0.2) is 0 Å². The molecule has 114 valence electrons. The Kier molecular flexibility index (Phi) is 3.97. The Morgan fingerprint density at radius 1 is 1.14 bits per heavy atom. The van der Waals surface area contributed by atoms with Crippen LogP contribution in [0.2, 0.25) is 0 Å². The van der Waals surface area contributed by atoms with Gasteiger partial charge in [0.05, 0.1) is 4.92 Å². The van der Waals surface area contributed by atoms with Gasteiger partial charge in [-0.3, -0.25) is 10.1 Å². The standard InChI is InChI=1S/C19H21NO2/c1-13-10-16-4-3-5-17(19(16)11-14(13)2)12-15-6-8-18(9-7-15)20(21)22/h6-11,17H,3-5,12H2,1-2H3. The summed E-state index contributed by atoms with van der Waals surface area (Å²) in [6, 6.07) is 11.7. The molecule has 0 N–H and O–H groups in total. The number of fused-ring (bicyclic) bond motifs is 1. The third-order valence-electron chi connectivity index (χ3n) is 4.82. The first-order valence-corrected chi connectivity index (χ1v) is 7.88. The van der Waals surface area contributed by atoms with Crippen molar-refractivity contribution in [2.24, 2.45) is 0 Å². The van der Waals surface area contributed by atoms with Gasteiger partial charge in [-0.15, -0.1) is 0 Å². The van der Waals surface area contributed by atoms with Crippen molar-refractivity contribution in [3.05, 3.63) is 74.3 Å². The molecule has 0 bridgehead atoms. The van der Waals surface area contributed by atoms with E-state index >= 15 is 0 Å². The average Bonchev–Trinajstić information content (AvgIpc) is 2.50. The monoisotopic (exact) mass is 295 g/mol. The first-order valence-electron chi connectivity index (χ1n) is 7.88. The Labute approximate surface area is 131 Å². The van der Waals surface area contributed by atoms with E-state index in [9.17, 15) is 10.1 Å². The highest BCUT2D eigenvalue weighted by atomic mass is 16.6. The topological polar surface area (TPSA) is 43.1 Å².